The number of aromatic nitrogens is 2. The van der Waals surface area contributed by atoms with Crippen LogP contribution in [0.1, 0.15) is 5.69 Å². The average molecular weight is 378 g/mol. The van der Waals surface area contributed by atoms with Gasteiger partial charge in [0.1, 0.15) is 5.69 Å². The van der Waals surface area contributed by atoms with Gasteiger partial charge in [-0.05, 0) is 24.3 Å². The van der Waals surface area contributed by atoms with Gasteiger partial charge in [0.25, 0.3) is 0 Å². The molecule has 25 heavy (non-hydrogen) atoms. The molecule has 3 heterocycles. The monoisotopic (exact) mass is 377 g/mol. The fourth-order valence-electron chi connectivity index (χ4n) is 2.20. The molecule has 0 saturated carbocycles. The number of anilines is 1. The molecule has 3 aromatic heterocycles. The summed E-state index contributed by atoms with van der Waals surface area (Å²) in [5.41, 5.74) is 2.06. The van der Waals surface area contributed by atoms with Crippen LogP contribution < -0.4 is 4.90 Å². The Labute approximate surface area is 154 Å². The van der Waals surface area contributed by atoms with Gasteiger partial charge in [-0.25, -0.2) is 9.97 Å². The smallest absolute Gasteiger partial charge is 0.311 e. The molecule has 3 rings (SSSR count). The minimum absolute atomic E-state index is 0.0145. The van der Waals surface area contributed by atoms with Crippen molar-refractivity contribution in [1.82, 2.24) is 9.97 Å². The van der Waals surface area contributed by atoms with Gasteiger partial charge in [-0.2, -0.15) is 0 Å². The quantitative estimate of drug-likeness (QED) is 0.628. The van der Waals surface area contributed by atoms with E-state index in [-0.39, 0.29) is 12.4 Å². The Balaban J connectivity index is 2.01. The van der Waals surface area contributed by atoms with E-state index in [1.54, 1.807) is 12.3 Å². The number of oxazole rings is 1. The van der Waals surface area contributed by atoms with Crippen LogP contribution in [0.15, 0.2) is 34.9 Å². The maximum absolute atomic E-state index is 11.7. The van der Waals surface area contributed by atoms with Gasteiger partial charge in [0, 0.05) is 14.1 Å². The Morgan fingerprint density at radius 3 is 2.68 bits per heavy atom. The second kappa shape index (κ2) is 7.25. The molecule has 0 bridgehead atoms. The first kappa shape index (κ1) is 17.4. The summed E-state index contributed by atoms with van der Waals surface area (Å²) in [7, 11) is 5.22. The van der Waals surface area contributed by atoms with Gasteiger partial charge in [0.2, 0.25) is 5.89 Å². The van der Waals surface area contributed by atoms with Crippen LogP contribution in [-0.2, 0) is 16.0 Å². The van der Waals surface area contributed by atoms with E-state index in [0.717, 1.165) is 10.6 Å². The molecule has 0 amide bonds. The van der Waals surface area contributed by atoms with Crippen LogP contribution in [0.4, 0.5) is 5.69 Å². The van der Waals surface area contributed by atoms with Crippen molar-refractivity contribution in [2.24, 2.45) is 0 Å². The van der Waals surface area contributed by atoms with Crippen molar-refractivity contribution < 1.29 is 13.9 Å². The van der Waals surface area contributed by atoms with Crippen LogP contribution in [-0.4, -0.2) is 37.1 Å². The Morgan fingerprint density at radius 1 is 1.32 bits per heavy atom. The van der Waals surface area contributed by atoms with Crippen LogP contribution in [0.2, 0.25) is 4.34 Å². The third-order valence-electron chi connectivity index (χ3n) is 3.52. The lowest BCUT2D eigenvalue weighted by Crippen LogP contribution is -2.08. The first-order chi connectivity index (χ1) is 12.0. The third kappa shape index (κ3) is 3.83. The first-order valence-electron chi connectivity index (χ1n) is 7.44. The van der Waals surface area contributed by atoms with E-state index in [1.165, 1.54) is 18.4 Å². The van der Waals surface area contributed by atoms with Crippen molar-refractivity contribution in [3.63, 3.8) is 0 Å². The summed E-state index contributed by atoms with van der Waals surface area (Å²) in [5, 5.41) is 0. The van der Waals surface area contributed by atoms with E-state index in [9.17, 15) is 4.79 Å². The summed E-state index contributed by atoms with van der Waals surface area (Å²) < 4.78 is 11.3. The maximum atomic E-state index is 11.7. The van der Waals surface area contributed by atoms with Gasteiger partial charge in [0.15, 0.2) is 5.76 Å². The van der Waals surface area contributed by atoms with Crippen molar-refractivity contribution in [2.45, 2.75) is 6.42 Å². The topological polar surface area (TPSA) is 68.5 Å². The molecule has 6 nitrogen and oxygen atoms in total. The number of rotatable bonds is 5. The molecular weight excluding hydrogens is 362 g/mol. The van der Waals surface area contributed by atoms with Crippen LogP contribution in [0.25, 0.3) is 22.2 Å². The number of carbonyl (C=O) groups is 1. The second-order valence-corrected chi connectivity index (χ2v) is 7.16. The Kier molecular flexibility index (Phi) is 5.06. The lowest BCUT2D eigenvalue weighted by molar-refractivity contribution is -0.139. The molecule has 0 radical (unpaired) electrons. The molecule has 0 atom stereocenters. The summed E-state index contributed by atoms with van der Waals surface area (Å²) in [5.74, 6) is 0.471. The molecule has 3 aromatic rings. The van der Waals surface area contributed by atoms with Crippen molar-refractivity contribution in [2.75, 3.05) is 26.1 Å². The van der Waals surface area contributed by atoms with E-state index in [2.05, 4.69) is 9.97 Å². The van der Waals surface area contributed by atoms with E-state index in [0.29, 0.717) is 27.4 Å². The number of hydrogen-bond acceptors (Lipinski definition) is 7. The van der Waals surface area contributed by atoms with E-state index in [1.807, 2.05) is 37.2 Å². The van der Waals surface area contributed by atoms with E-state index in [4.69, 9.17) is 20.8 Å². The van der Waals surface area contributed by atoms with Gasteiger partial charge in [-0.15, -0.1) is 11.3 Å². The van der Waals surface area contributed by atoms with Gasteiger partial charge in [0.05, 0.1) is 40.3 Å². The highest BCUT2D eigenvalue weighted by molar-refractivity contribution is 7.19. The Bertz CT molecular complexity index is 887. The number of esters is 1. The van der Waals surface area contributed by atoms with E-state index < -0.39 is 0 Å². The Morgan fingerprint density at radius 2 is 2.12 bits per heavy atom. The lowest BCUT2D eigenvalue weighted by atomic mass is 10.2. The average Bonchev–Trinajstić information content (AvgIpc) is 3.21. The maximum Gasteiger partial charge on any atom is 0.311 e. The third-order valence-corrected chi connectivity index (χ3v) is 4.75. The largest absolute Gasteiger partial charge is 0.469 e. The minimum Gasteiger partial charge on any atom is -0.469 e. The molecule has 0 unspecified atom stereocenters. The number of pyridine rings is 1. The number of hydrogen-bond donors (Lipinski definition) is 0. The highest BCUT2D eigenvalue weighted by Crippen LogP contribution is 2.36. The van der Waals surface area contributed by atoms with Crippen molar-refractivity contribution in [3.8, 4) is 22.2 Å². The fraction of sp³-hybridized carbons (Fsp3) is 0.235. The van der Waals surface area contributed by atoms with Crippen LogP contribution in [0.3, 0.4) is 0 Å². The number of halogens is 1. The summed E-state index contributed by atoms with van der Waals surface area (Å²) in [6, 6.07) is 7.36. The summed E-state index contributed by atoms with van der Waals surface area (Å²) in [6.07, 6.45) is 1.75. The SMILES string of the molecule is COC(=O)Cc1nc(-c2ccc(N(C)C)cn2)oc1-c1ccc(Cl)s1. The second-order valence-electron chi connectivity index (χ2n) is 5.45. The zero-order valence-electron chi connectivity index (χ0n) is 13.9. The summed E-state index contributed by atoms with van der Waals surface area (Å²) in [4.78, 5) is 23.3. The highest BCUT2D eigenvalue weighted by atomic mass is 35.5. The lowest BCUT2D eigenvalue weighted by Gasteiger charge is -2.11. The molecule has 8 heteroatoms. The molecule has 130 valence electrons. The molecule has 0 saturated heterocycles. The number of thiophene rings is 1. The predicted molar refractivity (Wildman–Crippen MR) is 98.1 cm³/mol. The van der Waals surface area contributed by atoms with Crippen LogP contribution >= 0.6 is 22.9 Å². The minimum atomic E-state index is -0.389. The highest BCUT2D eigenvalue weighted by Gasteiger charge is 2.21. The van der Waals surface area contributed by atoms with E-state index >= 15 is 0 Å². The first-order valence-corrected chi connectivity index (χ1v) is 8.63. The molecule has 0 aliphatic carbocycles. The fourth-order valence-corrected chi connectivity index (χ4v) is 3.24. The predicted octanol–water partition coefficient (Wildman–Crippen LogP) is 3.90. The summed E-state index contributed by atoms with van der Waals surface area (Å²) in [6.45, 7) is 0. The number of methoxy groups -OCH3 is 1. The zero-order chi connectivity index (χ0) is 18.0. The number of nitrogens with zero attached hydrogens (tertiary/aromatic N) is 3. The standard InChI is InChI=1S/C17H16ClN3O3S/c1-21(2)10-4-5-11(19-9-10)17-20-12(8-15(22)23-3)16(24-17)13-6-7-14(18)25-13/h4-7,9H,8H2,1-3H3. The van der Waals surface area contributed by atoms with Gasteiger partial charge in [-0.3, -0.25) is 4.79 Å². The molecule has 0 aromatic carbocycles. The zero-order valence-corrected chi connectivity index (χ0v) is 15.5. The van der Waals surface area contributed by atoms with Crippen molar-refractivity contribution in [3.05, 3.63) is 40.5 Å². The molecule has 0 N–H and O–H groups in total. The normalized spacial score (nSPS) is 10.7. The molecule has 0 aliphatic heterocycles. The molecule has 0 spiro atoms. The molecular formula is C17H16ClN3O3S. The van der Waals surface area contributed by atoms with Crippen LogP contribution in [0.5, 0.6) is 0 Å². The number of ether oxygens (including phenoxy) is 1. The van der Waals surface area contributed by atoms with Crippen LogP contribution in [0, 0.1) is 0 Å². The van der Waals surface area contributed by atoms with Gasteiger partial charge in [-0.1, -0.05) is 11.6 Å². The van der Waals surface area contributed by atoms with Gasteiger partial charge < -0.3 is 14.1 Å². The van der Waals surface area contributed by atoms with Gasteiger partial charge >= 0.3 is 5.97 Å². The van der Waals surface area contributed by atoms with Crippen molar-refractivity contribution in [1.29, 1.82) is 0 Å². The summed E-state index contributed by atoms with van der Waals surface area (Å²) >= 11 is 7.37. The molecule has 0 fully saturated rings. The number of carbonyl (C=O) groups excluding carboxylic acids is 1. The van der Waals surface area contributed by atoms with Crippen molar-refractivity contribution >= 4 is 34.6 Å². The Hall–Kier alpha value is -2.38. The molecule has 0 aliphatic rings.